The van der Waals surface area contributed by atoms with Crippen molar-refractivity contribution < 1.29 is 9.53 Å². The summed E-state index contributed by atoms with van der Waals surface area (Å²) in [5.74, 6) is 0.874. The number of carbonyl (C=O) groups is 1. The van der Waals surface area contributed by atoms with Crippen molar-refractivity contribution in [1.29, 1.82) is 0 Å². The van der Waals surface area contributed by atoms with E-state index in [9.17, 15) is 4.79 Å². The van der Waals surface area contributed by atoms with Crippen LogP contribution in [0.5, 0.6) is 5.75 Å². The molecule has 0 fully saturated rings. The zero-order valence-electron chi connectivity index (χ0n) is 9.28. The van der Waals surface area contributed by atoms with E-state index >= 15 is 0 Å². The number of nitrogens with zero attached hydrogens (tertiary/aromatic N) is 1. The number of rotatable bonds is 0. The van der Waals surface area contributed by atoms with Gasteiger partial charge in [-0.1, -0.05) is 6.07 Å². The van der Waals surface area contributed by atoms with Gasteiger partial charge in [-0.05, 0) is 31.5 Å². The Labute approximate surface area is 89.7 Å². The molecule has 0 radical (unpaired) electrons. The van der Waals surface area contributed by atoms with Crippen molar-refractivity contribution in [3.63, 3.8) is 0 Å². The maximum atomic E-state index is 11.5. The van der Waals surface area contributed by atoms with Crippen molar-refractivity contribution in [2.45, 2.75) is 26.9 Å². The average molecular weight is 205 g/mol. The van der Waals surface area contributed by atoms with Crippen molar-refractivity contribution in [3.8, 4) is 5.75 Å². The van der Waals surface area contributed by atoms with Gasteiger partial charge in [-0.2, -0.15) is 0 Å². The highest BCUT2D eigenvalue weighted by molar-refractivity contribution is 5.93. The number of anilines is 1. The van der Waals surface area contributed by atoms with Crippen LogP contribution in [0.3, 0.4) is 0 Å². The quantitative estimate of drug-likeness (QED) is 0.649. The van der Waals surface area contributed by atoms with E-state index in [0.29, 0.717) is 6.54 Å². The minimum atomic E-state index is 0.0585. The predicted molar refractivity (Wildman–Crippen MR) is 59.3 cm³/mol. The molecule has 3 nitrogen and oxygen atoms in total. The van der Waals surface area contributed by atoms with Gasteiger partial charge >= 0.3 is 0 Å². The molecule has 1 aliphatic heterocycles. The fraction of sp³-hybridized carbons (Fsp3) is 0.417. The summed E-state index contributed by atoms with van der Waals surface area (Å²) in [6.07, 6.45) is 0.0585. The molecule has 1 unspecified atom stereocenters. The van der Waals surface area contributed by atoms with Crippen LogP contribution in [0.15, 0.2) is 18.2 Å². The van der Waals surface area contributed by atoms with Gasteiger partial charge in [0.1, 0.15) is 11.9 Å². The molecule has 80 valence electrons. The van der Waals surface area contributed by atoms with Crippen molar-refractivity contribution in [3.05, 3.63) is 23.8 Å². The summed E-state index contributed by atoms with van der Waals surface area (Å²) in [6, 6.07) is 5.91. The van der Waals surface area contributed by atoms with E-state index in [-0.39, 0.29) is 12.0 Å². The van der Waals surface area contributed by atoms with Crippen LogP contribution >= 0.6 is 0 Å². The SMILES string of the molecule is CC(=O)N1CC(C)Oc2cc(C)ccc21. The number of aryl methyl sites for hydroxylation is 1. The molecule has 0 bridgehead atoms. The van der Waals surface area contributed by atoms with Crippen molar-refractivity contribution in [2.24, 2.45) is 0 Å². The highest BCUT2D eigenvalue weighted by Crippen LogP contribution is 2.34. The number of hydrogen-bond donors (Lipinski definition) is 0. The summed E-state index contributed by atoms with van der Waals surface area (Å²) in [5.41, 5.74) is 2.03. The van der Waals surface area contributed by atoms with Gasteiger partial charge < -0.3 is 9.64 Å². The fourth-order valence-electron chi connectivity index (χ4n) is 1.85. The lowest BCUT2D eigenvalue weighted by atomic mass is 10.1. The molecule has 3 heteroatoms. The standard InChI is InChI=1S/C12H15NO2/c1-8-4-5-11-12(6-8)15-9(2)7-13(11)10(3)14/h4-6,9H,7H2,1-3H3. The first-order valence-corrected chi connectivity index (χ1v) is 5.13. The van der Waals surface area contributed by atoms with Crippen LogP contribution in [0.2, 0.25) is 0 Å². The van der Waals surface area contributed by atoms with Crippen LogP contribution in [-0.4, -0.2) is 18.6 Å². The Balaban J connectivity index is 2.46. The lowest BCUT2D eigenvalue weighted by Crippen LogP contribution is -2.41. The van der Waals surface area contributed by atoms with Crippen molar-refractivity contribution in [2.75, 3.05) is 11.4 Å². The predicted octanol–water partition coefficient (Wildman–Crippen LogP) is 2.13. The first-order valence-electron chi connectivity index (χ1n) is 5.13. The van der Waals surface area contributed by atoms with E-state index < -0.39 is 0 Å². The molecule has 2 rings (SSSR count). The summed E-state index contributed by atoms with van der Waals surface area (Å²) >= 11 is 0. The molecule has 0 saturated carbocycles. The number of amides is 1. The van der Waals surface area contributed by atoms with Gasteiger partial charge in [0.25, 0.3) is 0 Å². The van der Waals surface area contributed by atoms with Crippen LogP contribution in [0.1, 0.15) is 19.4 Å². The molecule has 1 aliphatic rings. The smallest absolute Gasteiger partial charge is 0.224 e. The summed E-state index contributed by atoms with van der Waals surface area (Å²) in [4.78, 5) is 13.2. The molecule has 0 aliphatic carbocycles. The Morgan fingerprint density at radius 1 is 1.53 bits per heavy atom. The molecular weight excluding hydrogens is 190 g/mol. The molecule has 0 aromatic heterocycles. The van der Waals surface area contributed by atoms with Crippen LogP contribution in [-0.2, 0) is 4.79 Å². The van der Waals surface area contributed by atoms with Crippen molar-refractivity contribution >= 4 is 11.6 Å². The average Bonchev–Trinajstić information content (AvgIpc) is 2.15. The maximum absolute atomic E-state index is 11.5. The summed E-state index contributed by atoms with van der Waals surface area (Å²) in [7, 11) is 0. The van der Waals surface area contributed by atoms with Gasteiger partial charge in [0.2, 0.25) is 5.91 Å². The lowest BCUT2D eigenvalue weighted by Gasteiger charge is -2.32. The molecule has 15 heavy (non-hydrogen) atoms. The Morgan fingerprint density at radius 3 is 2.93 bits per heavy atom. The number of carbonyl (C=O) groups excluding carboxylic acids is 1. The Bertz CT molecular complexity index is 401. The van der Waals surface area contributed by atoms with Gasteiger partial charge in [0.05, 0.1) is 12.2 Å². The molecule has 0 spiro atoms. The molecule has 1 amide bonds. The summed E-state index contributed by atoms with van der Waals surface area (Å²) < 4.78 is 5.70. The number of benzene rings is 1. The third-order valence-corrected chi connectivity index (χ3v) is 2.55. The van der Waals surface area contributed by atoms with Crippen LogP contribution in [0.25, 0.3) is 0 Å². The topological polar surface area (TPSA) is 29.5 Å². The van der Waals surface area contributed by atoms with E-state index in [1.54, 1.807) is 11.8 Å². The summed E-state index contributed by atoms with van der Waals surface area (Å²) in [6.45, 7) is 6.20. The molecule has 0 saturated heterocycles. The zero-order valence-corrected chi connectivity index (χ0v) is 9.28. The Morgan fingerprint density at radius 2 is 2.27 bits per heavy atom. The Hall–Kier alpha value is -1.51. The number of fused-ring (bicyclic) bond motifs is 1. The number of hydrogen-bond acceptors (Lipinski definition) is 2. The zero-order chi connectivity index (χ0) is 11.0. The van der Waals surface area contributed by atoms with Gasteiger partial charge in [0, 0.05) is 6.92 Å². The minimum absolute atomic E-state index is 0.0585. The lowest BCUT2D eigenvalue weighted by molar-refractivity contribution is -0.117. The molecule has 1 heterocycles. The van der Waals surface area contributed by atoms with E-state index in [0.717, 1.165) is 17.0 Å². The molecule has 1 aromatic carbocycles. The first-order chi connectivity index (χ1) is 7.08. The number of ether oxygens (including phenoxy) is 1. The van der Waals surface area contributed by atoms with Crippen LogP contribution in [0.4, 0.5) is 5.69 Å². The van der Waals surface area contributed by atoms with Crippen LogP contribution < -0.4 is 9.64 Å². The largest absolute Gasteiger partial charge is 0.487 e. The highest BCUT2D eigenvalue weighted by Gasteiger charge is 2.25. The second-order valence-electron chi connectivity index (χ2n) is 4.03. The van der Waals surface area contributed by atoms with Gasteiger partial charge in [0.15, 0.2) is 0 Å². The van der Waals surface area contributed by atoms with E-state index in [4.69, 9.17) is 4.74 Å². The van der Waals surface area contributed by atoms with Gasteiger partial charge in [-0.3, -0.25) is 4.79 Å². The van der Waals surface area contributed by atoms with Gasteiger partial charge in [-0.15, -0.1) is 0 Å². The fourth-order valence-corrected chi connectivity index (χ4v) is 1.85. The highest BCUT2D eigenvalue weighted by atomic mass is 16.5. The van der Waals surface area contributed by atoms with Crippen LogP contribution in [0, 0.1) is 6.92 Å². The molecule has 1 atom stereocenters. The second kappa shape index (κ2) is 3.57. The minimum Gasteiger partial charge on any atom is -0.487 e. The van der Waals surface area contributed by atoms with Gasteiger partial charge in [-0.25, -0.2) is 0 Å². The monoisotopic (exact) mass is 205 g/mol. The maximum Gasteiger partial charge on any atom is 0.224 e. The molecule has 1 aromatic rings. The van der Waals surface area contributed by atoms with E-state index in [1.807, 2.05) is 32.0 Å². The summed E-state index contributed by atoms with van der Waals surface area (Å²) in [5, 5.41) is 0. The third-order valence-electron chi connectivity index (χ3n) is 2.55. The van der Waals surface area contributed by atoms with E-state index in [1.165, 1.54) is 0 Å². The Kier molecular flexibility index (Phi) is 2.39. The third kappa shape index (κ3) is 1.82. The van der Waals surface area contributed by atoms with E-state index in [2.05, 4.69) is 0 Å². The molecular formula is C12H15NO2. The normalized spacial score (nSPS) is 19.4. The first kappa shape index (κ1) is 10.0. The van der Waals surface area contributed by atoms with Crippen molar-refractivity contribution in [1.82, 2.24) is 0 Å². The molecule has 0 N–H and O–H groups in total. The second-order valence-corrected chi connectivity index (χ2v) is 4.03.